The van der Waals surface area contributed by atoms with Crippen molar-refractivity contribution in [2.75, 3.05) is 61.5 Å². The first kappa shape index (κ1) is 25.3. The second-order valence-corrected chi connectivity index (χ2v) is 8.33. The fourth-order valence-corrected chi connectivity index (χ4v) is 3.96. The van der Waals surface area contributed by atoms with Crippen LogP contribution < -0.4 is 25.9 Å². The van der Waals surface area contributed by atoms with Crippen molar-refractivity contribution in [3.05, 3.63) is 48.3 Å². The Kier molecular flexibility index (Phi) is 7.95. The van der Waals surface area contributed by atoms with E-state index in [0.717, 1.165) is 17.0 Å². The standard InChI is InChI=1S/C22H25F2N7O4S/c1-34-21(36)26-12-16-13-30(22(33)35-16)15-10-17(23)19(18(24)11-15)29-7-6-27-31(9-8-29)20(32)28-14-2-4-25-5-3-14/h2-5,10-11,16,27H,6-9,12-13H2,1H3,(H,26,36)(H,25,28,32)/t16-/m0/s1. The van der Waals surface area contributed by atoms with E-state index in [-0.39, 0.29) is 55.8 Å². The number of cyclic esters (lactones) is 1. The summed E-state index contributed by atoms with van der Waals surface area (Å²) in [6.45, 7) is 1.18. The van der Waals surface area contributed by atoms with Crippen molar-refractivity contribution in [2.24, 2.45) is 0 Å². The summed E-state index contributed by atoms with van der Waals surface area (Å²) in [6.07, 6.45) is 1.82. The molecule has 11 nitrogen and oxygen atoms in total. The van der Waals surface area contributed by atoms with Gasteiger partial charge in [0.05, 0.1) is 32.4 Å². The van der Waals surface area contributed by atoms with E-state index in [9.17, 15) is 9.59 Å². The van der Waals surface area contributed by atoms with Gasteiger partial charge in [-0.2, -0.15) is 0 Å². The van der Waals surface area contributed by atoms with Gasteiger partial charge in [0.25, 0.3) is 5.17 Å². The van der Waals surface area contributed by atoms with Crippen LogP contribution in [0, 0.1) is 11.6 Å². The topological polar surface area (TPSA) is 111 Å². The summed E-state index contributed by atoms with van der Waals surface area (Å²) in [5.41, 5.74) is 3.35. The van der Waals surface area contributed by atoms with Gasteiger partial charge in [-0.1, -0.05) is 0 Å². The van der Waals surface area contributed by atoms with Gasteiger partial charge in [0.15, 0.2) is 11.6 Å². The molecule has 3 heterocycles. The fourth-order valence-electron chi connectivity index (χ4n) is 3.87. The second-order valence-electron chi connectivity index (χ2n) is 7.96. The molecule has 4 rings (SSSR count). The number of benzene rings is 1. The van der Waals surface area contributed by atoms with Gasteiger partial charge in [0.1, 0.15) is 11.8 Å². The molecule has 0 bridgehead atoms. The van der Waals surface area contributed by atoms with Gasteiger partial charge in [-0.15, -0.1) is 0 Å². The predicted molar refractivity (Wildman–Crippen MR) is 132 cm³/mol. The maximum absolute atomic E-state index is 15.1. The van der Waals surface area contributed by atoms with Crippen molar-refractivity contribution in [1.82, 2.24) is 20.7 Å². The highest BCUT2D eigenvalue weighted by Crippen LogP contribution is 2.31. The molecular formula is C22H25F2N7O4S. The zero-order valence-corrected chi connectivity index (χ0v) is 20.2. The normalized spacial score (nSPS) is 17.9. The molecule has 14 heteroatoms. The average Bonchev–Trinajstić information content (AvgIpc) is 3.07. The number of hydrogen-bond donors (Lipinski definition) is 3. The summed E-state index contributed by atoms with van der Waals surface area (Å²) in [5.74, 6) is -1.65. The lowest BCUT2D eigenvalue weighted by molar-refractivity contribution is 0.142. The molecule has 0 spiro atoms. The molecule has 3 N–H and O–H groups in total. The molecule has 2 aliphatic rings. The molecule has 1 atom stereocenters. The van der Waals surface area contributed by atoms with Gasteiger partial charge < -0.3 is 25.0 Å². The maximum atomic E-state index is 15.1. The Morgan fingerprint density at radius 2 is 1.97 bits per heavy atom. The minimum atomic E-state index is -0.824. The Bertz CT molecular complexity index is 1100. The van der Waals surface area contributed by atoms with Crippen LogP contribution in [0.4, 0.5) is 35.4 Å². The number of ether oxygens (including phenoxy) is 2. The van der Waals surface area contributed by atoms with Crippen LogP contribution in [-0.2, 0) is 9.47 Å². The molecule has 0 aliphatic carbocycles. The third-order valence-corrected chi connectivity index (χ3v) is 5.93. The molecule has 36 heavy (non-hydrogen) atoms. The van der Waals surface area contributed by atoms with Crippen LogP contribution in [0.5, 0.6) is 0 Å². The van der Waals surface area contributed by atoms with Gasteiger partial charge >= 0.3 is 12.1 Å². The molecule has 192 valence electrons. The molecule has 0 radical (unpaired) electrons. The molecule has 2 saturated heterocycles. The Balaban J connectivity index is 1.40. The number of amides is 3. The number of rotatable bonds is 5. The van der Waals surface area contributed by atoms with E-state index in [2.05, 4.69) is 21.0 Å². The Morgan fingerprint density at radius 3 is 2.67 bits per heavy atom. The van der Waals surface area contributed by atoms with Crippen LogP contribution >= 0.6 is 12.2 Å². The molecule has 1 aromatic heterocycles. The maximum Gasteiger partial charge on any atom is 0.414 e. The van der Waals surface area contributed by atoms with Crippen molar-refractivity contribution in [2.45, 2.75) is 6.10 Å². The largest absolute Gasteiger partial charge is 0.474 e. The number of carbonyl (C=O) groups is 2. The number of hydrazine groups is 1. The van der Waals surface area contributed by atoms with Gasteiger partial charge in [0.2, 0.25) is 0 Å². The Labute approximate surface area is 211 Å². The number of thiocarbonyl (C=S) groups is 1. The van der Waals surface area contributed by atoms with E-state index in [1.807, 2.05) is 0 Å². The quantitative estimate of drug-likeness (QED) is 0.509. The number of urea groups is 1. The van der Waals surface area contributed by atoms with Crippen molar-refractivity contribution in [1.29, 1.82) is 0 Å². The van der Waals surface area contributed by atoms with E-state index in [4.69, 9.17) is 21.7 Å². The molecule has 1 aromatic carbocycles. The second kappa shape index (κ2) is 11.3. The minimum Gasteiger partial charge on any atom is -0.474 e. The first-order valence-corrected chi connectivity index (χ1v) is 11.5. The Hall–Kier alpha value is -3.78. The lowest BCUT2D eigenvalue weighted by atomic mass is 10.2. The Morgan fingerprint density at radius 1 is 1.25 bits per heavy atom. The molecule has 2 aromatic rings. The summed E-state index contributed by atoms with van der Waals surface area (Å²) in [5, 5.41) is 7.01. The number of carbonyl (C=O) groups excluding carboxylic acids is 2. The smallest absolute Gasteiger partial charge is 0.414 e. The zero-order valence-electron chi connectivity index (χ0n) is 19.4. The summed E-state index contributed by atoms with van der Waals surface area (Å²) >= 11 is 4.89. The van der Waals surface area contributed by atoms with Crippen molar-refractivity contribution >= 4 is 46.6 Å². The molecule has 3 amide bonds. The van der Waals surface area contributed by atoms with Crippen LogP contribution in [0.15, 0.2) is 36.7 Å². The number of halogens is 2. The van der Waals surface area contributed by atoms with Crippen LogP contribution in [0.1, 0.15) is 0 Å². The number of pyridine rings is 1. The first-order chi connectivity index (χ1) is 17.4. The van der Waals surface area contributed by atoms with Crippen LogP contribution in [0.25, 0.3) is 0 Å². The summed E-state index contributed by atoms with van der Waals surface area (Å²) < 4.78 is 40.3. The summed E-state index contributed by atoms with van der Waals surface area (Å²) in [6, 6.07) is 5.10. The third-order valence-electron chi connectivity index (χ3n) is 5.62. The highest BCUT2D eigenvalue weighted by atomic mass is 32.1. The lowest BCUT2D eigenvalue weighted by Gasteiger charge is -2.25. The molecule has 0 unspecified atom stereocenters. The number of nitrogens with zero attached hydrogens (tertiary/aromatic N) is 4. The van der Waals surface area contributed by atoms with E-state index < -0.39 is 29.9 Å². The fraction of sp³-hybridized carbons (Fsp3) is 0.364. The van der Waals surface area contributed by atoms with Gasteiger partial charge in [-0.25, -0.2) is 23.8 Å². The van der Waals surface area contributed by atoms with E-state index in [1.54, 1.807) is 24.5 Å². The third kappa shape index (κ3) is 5.88. The molecule has 2 fully saturated rings. The van der Waals surface area contributed by atoms with E-state index in [0.29, 0.717) is 5.69 Å². The zero-order chi connectivity index (χ0) is 25.7. The molecule has 0 saturated carbocycles. The first-order valence-electron chi connectivity index (χ1n) is 11.1. The van der Waals surface area contributed by atoms with Crippen molar-refractivity contribution in [3.8, 4) is 0 Å². The number of methoxy groups -OCH3 is 1. The van der Waals surface area contributed by atoms with E-state index >= 15 is 8.78 Å². The van der Waals surface area contributed by atoms with Crippen molar-refractivity contribution in [3.63, 3.8) is 0 Å². The number of nitrogens with one attached hydrogen (secondary N) is 3. The predicted octanol–water partition coefficient (Wildman–Crippen LogP) is 2.06. The summed E-state index contributed by atoms with van der Waals surface area (Å²) in [7, 11) is 1.41. The summed E-state index contributed by atoms with van der Waals surface area (Å²) in [4.78, 5) is 31.4. The number of aromatic nitrogens is 1. The lowest BCUT2D eigenvalue weighted by Crippen LogP contribution is -2.46. The molecular weight excluding hydrogens is 496 g/mol. The van der Waals surface area contributed by atoms with Gasteiger partial charge in [-0.3, -0.25) is 14.9 Å². The highest BCUT2D eigenvalue weighted by Gasteiger charge is 2.34. The molecule has 2 aliphatic heterocycles. The number of anilines is 3. The van der Waals surface area contributed by atoms with Crippen LogP contribution in [-0.4, -0.2) is 79.8 Å². The van der Waals surface area contributed by atoms with Gasteiger partial charge in [-0.05, 0) is 24.4 Å². The highest BCUT2D eigenvalue weighted by molar-refractivity contribution is 7.80. The van der Waals surface area contributed by atoms with Crippen molar-refractivity contribution < 1.29 is 27.8 Å². The SMILES string of the molecule is COC(=S)NC[C@H]1CN(c2cc(F)c(N3CCNN(C(=O)Nc4ccncc4)CC3)c(F)c2)C(=O)O1. The van der Waals surface area contributed by atoms with Crippen LogP contribution in [0.2, 0.25) is 0 Å². The minimum absolute atomic E-state index is 0.0434. The monoisotopic (exact) mass is 521 g/mol. The average molecular weight is 522 g/mol. The van der Waals surface area contributed by atoms with Gasteiger partial charge in [0, 0.05) is 49.8 Å². The van der Waals surface area contributed by atoms with Crippen LogP contribution in [0.3, 0.4) is 0 Å². The number of hydrogen-bond acceptors (Lipinski definition) is 8. The van der Waals surface area contributed by atoms with E-state index in [1.165, 1.54) is 17.0 Å².